The summed E-state index contributed by atoms with van der Waals surface area (Å²) in [5, 5.41) is 3.00. The highest BCUT2D eigenvalue weighted by Gasteiger charge is 2.19. The Morgan fingerprint density at radius 2 is 1.89 bits per heavy atom. The van der Waals surface area contributed by atoms with Crippen LogP contribution in [0.25, 0.3) is 0 Å². The number of nitrogens with two attached hydrogens (primary N) is 1. The van der Waals surface area contributed by atoms with Gasteiger partial charge in [-0.2, -0.15) is 0 Å². The fraction of sp³-hybridized carbons (Fsp3) is 0.533. The minimum absolute atomic E-state index is 0.0546. The van der Waals surface area contributed by atoms with Gasteiger partial charge in [0.05, 0.1) is 0 Å². The van der Waals surface area contributed by atoms with E-state index in [1.54, 1.807) is 0 Å². The average molecular weight is 262 g/mol. The van der Waals surface area contributed by atoms with Crippen LogP contribution in [0.2, 0.25) is 0 Å². The molecule has 19 heavy (non-hydrogen) atoms. The van der Waals surface area contributed by atoms with Crippen molar-refractivity contribution in [3.8, 4) is 5.75 Å². The molecule has 4 nitrogen and oxygen atoms in total. The number of aryl methyl sites for hydroxylation is 1. The Hall–Kier alpha value is -1.55. The van der Waals surface area contributed by atoms with Crippen molar-refractivity contribution in [3.05, 3.63) is 29.8 Å². The van der Waals surface area contributed by atoms with E-state index in [2.05, 4.69) is 5.32 Å². The minimum Gasteiger partial charge on any atom is -0.484 e. The molecule has 1 aliphatic rings. The van der Waals surface area contributed by atoms with E-state index in [1.165, 1.54) is 5.56 Å². The second-order valence-corrected chi connectivity index (χ2v) is 5.28. The van der Waals surface area contributed by atoms with Gasteiger partial charge < -0.3 is 15.8 Å². The Morgan fingerprint density at radius 1 is 1.26 bits per heavy atom. The van der Waals surface area contributed by atoms with E-state index in [1.807, 2.05) is 31.2 Å². The average Bonchev–Trinajstić information content (AvgIpc) is 2.41. The third-order valence-electron chi connectivity index (χ3n) is 3.53. The number of rotatable bonds is 4. The summed E-state index contributed by atoms with van der Waals surface area (Å²) < 4.78 is 5.45. The van der Waals surface area contributed by atoms with E-state index in [-0.39, 0.29) is 18.6 Å². The van der Waals surface area contributed by atoms with E-state index < -0.39 is 0 Å². The number of nitrogens with one attached hydrogen (secondary N) is 1. The number of hydrogen-bond acceptors (Lipinski definition) is 3. The van der Waals surface area contributed by atoms with Gasteiger partial charge in [0.15, 0.2) is 6.61 Å². The maximum atomic E-state index is 11.8. The molecule has 104 valence electrons. The van der Waals surface area contributed by atoms with Crippen LogP contribution < -0.4 is 15.8 Å². The van der Waals surface area contributed by atoms with Crippen molar-refractivity contribution in [1.29, 1.82) is 0 Å². The van der Waals surface area contributed by atoms with E-state index >= 15 is 0 Å². The third-order valence-corrected chi connectivity index (χ3v) is 3.53. The van der Waals surface area contributed by atoms with Crippen molar-refractivity contribution in [1.82, 2.24) is 5.32 Å². The first-order chi connectivity index (χ1) is 9.13. The summed E-state index contributed by atoms with van der Waals surface area (Å²) in [6, 6.07) is 8.25. The maximum Gasteiger partial charge on any atom is 0.258 e. The lowest BCUT2D eigenvalue weighted by Crippen LogP contribution is -2.42. The Kier molecular flexibility index (Phi) is 4.80. The van der Waals surface area contributed by atoms with Gasteiger partial charge in [-0.1, -0.05) is 17.7 Å². The van der Waals surface area contributed by atoms with Gasteiger partial charge in [-0.15, -0.1) is 0 Å². The largest absolute Gasteiger partial charge is 0.484 e. The SMILES string of the molecule is Cc1ccc(OCC(=O)NC2CCC(N)CC2)cc1. The summed E-state index contributed by atoms with van der Waals surface area (Å²) in [4.78, 5) is 11.8. The van der Waals surface area contributed by atoms with Gasteiger partial charge in [-0.3, -0.25) is 4.79 Å². The van der Waals surface area contributed by atoms with Crippen molar-refractivity contribution in [2.45, 2.75) is 44.7 Å². The van der Waals surface area contributed by atoms with Gasteiger partial charge in [0, 0.05) is 12.1 Å². The van der Waals surface area contributed by atoms with Crippen molar-refractivity contribution < 1.29 is 9.53 Å². The first-order valence-corrected chi connectivity index (χ1v) is 6.88. The fourth-order valence-corrected chi connectivity index (χ4v) is 2.32. The molecule has 0 aliphatic heterocycles. The first-order valence-electron chi connectivity index (χ1n) is 6.88. The number of hydrogen-bond donors (Lipinski definition) is 2. The molecule has 0 aromatic heterocycles. The summed E-state index contributed by atoms with van der Waals surface area (Å²) in [6.45, 7) is 2.09. The van der Waals surface area contributed by atoms with Gasteiger partial charge in [0.1, 0.15) is 5.75 Å². The van der Waals surface area contributed by atoms with Crippen LogP contribution in [-0.2, 0) is 4.79 Å². The molecular weight excluding hydrogens is 240 g/mol. The number of ether oxygens (including phenoxy) is 1. The Labute approximate surface area is 114 Å². The molecule has 1 aliphatic carbocycles. The van der Waals surface area contributed by atoms with Crippen LogP contribution in [0.3, 0.4) is 0 Å². The molecule has 0 saturated heterocycles. The van der Waals surface area contributed by atoms with Gasteiger partial charge in [0.2, 0.25) is 0 Å². The van der Waals surface area contributed by atoms with Crippen LogP contribution >= 0.6 is 0 Å². The highest BCUT2D eigenvalue weighted by molar-refractivity contribution is 5.77. The molecule has 2 rings (SSSR count). The van der Waals surface area contributed by atoms with Crippen LogP contribution in [0, 0.1) is 6.92 Å². The molecule has 0 unspecified atom stereocenters. The van der Waals surface area contributed by atoms with Crippen LogP contribution in [0.4, 0.5) is 0 Å². The topological polar surface area (TPSA) is 64.3 Å². The molecule has 1 aromatic carbocycles. The Bertz CT molecular complexity index is 409. The number of amides is 1. The number of carbonyl (C=O) groups excluding carboxylic acids is 1. The van der Waals surface area contributed by atoms with Gasteiger partial charge in [0.25, 0.3) is 5.91 Å². The highest BCUT2D eigenvalue weighted by atomic mass is 16.5. The normalized spacial score (nSPS) is 22.8. The summed E-state index contributed by atoms with van der Waals surface area (Å²) in [6.07, 6.45) is 3.92. The molecule has 0 radical (unpaired) electrons. The molecule has 1 fully saturated rings. The van der Waals surface area contributed by atoms with Crippen molar-refractivity contribution in [2.75, 3.05) is 6.61 Å². The fourth-order valence-electron chi connectivity index (χ4n) is 2.32. The molecule has 1 aromatic rings. The molecule has 1 saturated carbocycles. The van der Waals surface area contributed by atoms with Crippen molar-refractivity contribution >= 4 is 5.91 Å². The van der Waals surface area contributed by atoms with E-state index in [0.29, 0.717) is 6.04 Å². The molecule has 0 heterocycles. The Morgan fingerprint density at radius 3 is 2.53 bits per heavy atom. The molecule has 1 amide bonds. The van der Waals surface area contributed by atoms with Crippen LogP contribution in [0.1, 0.15) is 31.2 Å². The van der Waals surface area contributed by atoms with E-state index in [9.17, 15) is 4.79 Å². The quantitative estimate of drug-likeness (QED) is 0.869. The smallest absolute Gasteiger partial charge is 0.258 e. The lowest BCUT2D eigenvalue weighted by atomic mass is 9.92. The van der Waals surface area contributed by atoms with Crippen molar-refractivity contribution in [3.63, 3.8) is 0 Å². The third kappa shape index (κ3) is 4.56. The minimum atomic E-state index is -0.0546. The van der Waals surface area contributed by atoms with E-state index in [0.717, 1.165) is 31.4 Å². The predicted molar refractivity (Wildman–Crippen MR) is 75.0 cm³/mol. The second kappa shape index (κ2) is 6.57. The first kappa shape index (κ1) is 13.9. The van der Waals surface area contributed by atoms with Gasteiger partial charge in [-0.05, 0) is 44.7 Å². The summed E-state index contributed by atoms with van der Waals surface area (Å²) in [7, 11) is 0. The molecule has 0 bridgehead atoms. The molecular formula is C15H22N2O2. The summed E-state index contributed by atoms with van der Waals surface area (Å²) in [5.74, 6) is 0.674. The zero-order valence-corrected chi connectivity index (χ0v) is 11.4. The van der Waals surface area contributed by atoms with Crippen molar-refractivity contribution in [2.24, 2.45) is 5.73 Å². The summed E-state index contributed by atoms with van der Waals surface area (Å²) >= 11 is 0. The number of carbonyl (C=O) groups is 1. The van der Waals surface area contributed by atoms with Gasteiger partial charge in [-0.25, -0.2) is 0 Å². The molecule has 3 N–H and O–H groups in total. The summed E-state index contributed by atoms with van der Waals surface area (Å²) in [5.41, 5.74) is 7.01. The predicted octanol–water partition coefficient (Wildman–Crippen LogP) is 1.76. The Balaban J connectivity index is 1.71. The van der Waals surface area contributed by atoms with Crippen LogP contribution in [0.5, 0.6) is 5.75 Å². The lowest BCUT2D eigenvalue weighted by Gasteiger charge is -2.26. The zero-order chi connectivity index (χ0) is 13.7. The van der Waals surface area contributed by atoms with Crippen LogP contribution in [0.15, 0.2) is 24.3 Å². The van der Waals surface area contributed by atoms with E-state index in [4.69, 9.17) is 10.5 Å². The molecule has 0 atom stereocenters. The monoisotopic (exact) mass is 262 g/mol. The number of benzene rings is 1. The standard InChI is InChI=1S/C15H22N2O2/c1-11-2-8-14(9-3-11)19-10-15(18)17-13-6-4-12(16)5-7-13/h2-3,8-9,12-13H,4-7,10,16H2,1H3,(H,17,18). The maximum absolute atomic E-state index is 11.8. The van der Waals surface area contributed by atoms with Crippen LogP contribution in [-0.4, -0.2) is 24.6 Å². The molecule has 4 heteroatoms. The highest BCUT2D eigenvalue weighted by Crippen LogP contribution is 2.17. The molecule has 0 spiro atoms. The van der Waals surface area contributed by atoms with Gasteiger partial charge >= 0.3 is 0 Å². The lowest BCUT2D eigenvalue weighted by molar-refractivity contribution is -0.124. The second-order valence-electron chi connectivity index (χ2n) is 5.28. The zero-order valence-electron chi connectivity index (χ0n) is 11.4.